The number of methoxy groups -OCH3 is 1. The summed E-state index contributed by atoms with van der Waals surface area (Å²) >= 11 is 5.98. The molecule has 1 aliphatic rings. The third-order valence-corrected chi connectivity index (χ3v) is 4.22. The van der Waals surface area contributed by atoms with E-state index in [-0.39, 0.29) is 12.1 Å². The minimum Gasteiger partial charge on any atom is -0.383 e. The SMILES string of the molecule is COC(C1CCCCC1)C(N)c1cc(Cl)cnc1N. The van der Waals surface area contributed by atoms with Gasteiger partial charge in [0.15, 0.2) is 0 Å². The molecule has 0 radical (unpaired) electrons. The van der Waals surface area contributed by atoms with Crippen molar-refractivity contribution in [3.05, 3.63) is 22.8 Å². The van der Waals surface area contributed by atoms with Crippen LogP contribution in [0.25, 0.3) is 0 Å². The van der Waals surface area contributed by atoms with E-state index in [1.165, 1.54) is 38.3 Å². The molecule has 2 atom stereocenters. The Bertz CT molecular complexity index is 421. The summed E-state index contributed by atoms with van der Waals surface area (Å²) in [4.78, 5) is 4.07. The van der Waals surface area contributed by atoms with Crippen LogP contribution in [0, 0.1) is 5.92 Å². The van der Waals surface area contributed by atoms with Crippen LogP contribution in [0.3, 0.4) is 0 Å². The van der Waals surface area contributed by atoms with Gasteiger partial charge < -0.3 is 16.2 Å². The van der Waals surface area contributed by atoms with Crippen molar-refractivity contribution in [1.29, 1.82) is 0 Å². The van der Waals surface area contributed by atoms with Gasteiger partial charge in [0, 0.05) is 18.9 Å². The highest BCUT2D eigenvalue weighted by Gasteiger charge is 2.30. The molecule has 0 bridgehead atoms. The number of rotatable bonds is 4. The van der Waals surface area contributed by atoms with Crippen LogP contribution in [-0.4, -0.2) is 18.2 Å². The van der Waals surface area contributed by atoms with Crippen molar-refractivity contribution in [3.8, 4) is 0 Å². The van der Waals surface area contributed by atoms with Gasteiger partial charge in [0.05, 0.1) is 17.2 Å². The van der Waals surface area contributed by atoms with E-state index < -0.39 is 0 Å². The molecule has 1 heterocycles. The number of ether oxygens (including phenoxy) is 1. The zero-order chi connectivity index (χ0) is 13.8. The molecule has 2 rings (SSSR count). The van der Waals surface area contributed by atoms with Gasteiger partial charge in [-0.2, -0.15) is 0 Å². The first kappa shape index (κ1) is 14.6. The maximum Gasteiger partial charge on any atom is 0.128 e. The van der Waals surface area contributed by atoms with E-state index in [1.807, 2.05) is 0 Å². The van der Waals surface area contributed by atoms with Gasteiger partial charge in [0.25, 0.3) is 0 Å². The summed E-state index contributed by atoms with van der Waals surface area (Å²) < 4.78 is 5.65. The minimum atomic E-state index is -0.278. The summed E-state index contributed by atoms with van der Waals surface area (Å²) in [6.07, 6.45) is 7.66. The Kier molecular flexibility index (Phi) is 5.02. The van der Waals surface area contributed by atoms with Crippen LogP contribution < -0.4 is 11.5 Å². The smallest absolute Gasteiger partial charge is 0.128 e. The zero-order valence-corrected chi connectivity index (χ0v) is 12.1. The van der Waals surface area contributed by atoms with Gasteiger partial charge in [0.2, 0.25) is 0 Å². The first-order valence-electron chi connectivity index (χ1n) is 6.82. The minimum absolute atomic E-state index is 0.0251. The molecule has 1 aromatic rings. The summed E-state index contributed by atoms with van der Waals surface area (Å²) in [5.74, 6) is 0.932. The quantitative estimate of drug-likeness (QED) is 0.891. The van der Waals surface area contributed by atoms with Gasteiger partial charge in [-0.25, -0.2) is 4.98 Å². The largest absolute Gasteiger partial charge is 0.383 e. The maximum absolute atomic E-state index is 6.35. The summed E-state index contributed by atoms with van der Waals surface area (Å²) in [5, 5.41) is 0.554. The predicted molar refractivity (Wildman–Crippen MR) is 78.0 cm³/mol. The number of halogens is 1. The molecule has 106 valence electrons. The maximum atomic E-state index is 6.35. The molecule has 4 N–H and O–H groups in total. The molecule has 19 heavy (non-hydrogen) atoms. The normalized spacial score (nSPS) is 20.2. The average Bonchev–Trinajstić information content (AvgIpc) is 2.43. The van der Waals surface area contributed by atoms with E-state index in [0.29, 0.717) is 16.8 Å². The molecule has 0 saturated heterocycles. The Hall–Kier alpha value is -0.840. The summed E-state index contributed by atoms with van der Waals surface area (Å²) in [5.41, 5.74) is 13.0. The number of pyridine rings is 1. The molecular formula is C14H22ClN3O. The second-order valence-corrected chi connectivity index (χ2v) is 5.69. The molecule has 0 aliphatic heterocycles. The molecule has 0 aromatic carbocycles. The van der Waals surface area contributed by atoms with Crippen molar-refractivity contribution >= 4 is 17.4 Å². The zero-order valence-electron chi connectivity index (χ0n) is 11.3. The molecule has 1 fully saturated rings. The lowest BCUT2D eigenvalue weighted by Crippen LogP contribution is -2.36. The lowest BCUT2D eigenvalue weighted by molar-refractivity contribution is 0.0174. The highest BCUT2D eigenvalue weighted by Crippen LogP contribution is 2.34. The van der Waals surface area contributed by atoms with E-state index in [2.05, 4.69) is 4.98 Å². The third kappa shape index (κ3) is 3.38. The van der Waals surface area contributed by atoms with Crippen LogP contribution in [0.2, 0.25) is 5.02 Å². The fourth-order valence-electron chi connectivity index (χ4n) is 3.00. The van der Waals surface area contributed by atoms with Crippen LogP contribution in [0.4, 0.5) is 5.82 Å². The van der Waals surface area contributed by atoms with Crippen LogP contribution in [0.15, 0.2) is 12.3 Å². The Balaban J connectivity index is 2.19. The topological polar surface area (TPSA) is 74.2 Å². The van der Waals surface area contributed by atoms with Crippen molar-refractivity contribution in [2.75, 3.05) is 12.8 Å². The van der Waals surface area contributed by atoms with Crippen LogP contribution in [0.1, 0.15) is 43.7 Å². The Morgan fingerprint density at radius 2 is 2.05 bits per heavy atom. The first-order chi connectivity index (χ1) is 9.13. The average molecular weight is 284 g/mol. The fourth-order valence-corrected chi connectivity index (χ4v) is 3.17. The molecule has 0 amide bonds. The van der Waals surface area contributed by atoms with Gasteiger partial charge in [0.1, 0.15) is 5.82 Å². The Morgan fingerprint density at radius 3 is 2.68 bits per heavy atom. The molecule has 1 saturated carbocycles. The molecule has 1 aliphatic carbocycles. The van der Waals surface area contributed by atoms with Gasteiger partial charge in [-0.3, -0.25) is 0 Å². The van der Waals surface area contributed by atoms with E-state index >= 15 is 0 Å². The summed E-state index contributed by atoms with van der Waals surface area (Å²) in [7, 11) is 1.72. The van der Waals surface area contributed by atoms with E-state index in [0.717, 1.165) is 5.56 Å². The van der Waals surface area contributed by atoms with Crippen molar-refractivity contribution in [2.45, 2.75) is 44.2 Å². The molecular weight excluding hydrogens is 262 g/mol. The molecule has 2 unspecified atom stereocenters. The number of anilines is 1. The van der Waals surface area contributed by atoms with E-state index in [1.54, 1.807) is 13.2 Å². The first-order valence-corrected chi connectivity index (χ1v) is 7.20. The van der Waals surface area contributed by atoms with E-state index in [9.17, 15) is 0 Å². The van der Waals surface area contributed by atoms with Crippen molar-refractivity contribution in [1.82, 2.24) is 4.98 Å². The number of hydrogen-bond donors (Lipinski definition) is 2. The monoisotopic (exact) mass is 283 g/mol. The summed E-state index contributed by atoms with van der Waals surface area (Å²) in [6.45, 7) is 0. The molecule has 5 heteroatoms. The standard InChI is InChI=1S/C14H22ClN3O/c1-19-13(9-5-3-2-4-6-9)12(16)11-7-10(15)8-18-14(11)17/h7-9,12-13H,2-6,16H2,1H3,(H2,17,18). The Labute approximate surface area is 119 Å². The van der Waals surface area contributed by atoms with E-state index in [4.69, 9.17) is 27.8 Å². The van der Waals surface area contributed by atoms with Crippen LogP contribution >= 0.6 is 11.6 Å². The van der Waals surface area contributed by atoms with Crippen LogP contribution in [-0.2, 0) is 4.74 Å². The number of nitrogen functional groups attached to an aromatic ring is 1. The van der Waals surface area contributed by atoms with Crippen molar-refractivity contribution in [2.24, 2.45) is 11.7 Å². The van der Waals surface area contributed by atoms with Crippen molar-refractivity contribution < 1.29 is 4.74 Å². The van der Waals surface area contributed by atoms with Gasteiger partial charge in [-0.15, -0.1) is 0 Å². The predicted octanol–water partition coefficient (Wildman–Crippen LogP) is 2.91. The van der Waals surface area contributed by atoms with Gasteiger partial charge >= 0.3 is 0 Å². The summed E-state index contributed by atoms with van der Waals surface area (Å²) in [6, 6.07) is 1.52. The number of hydrogen-bond acceptors (Lipinski definition) is 4. The lowest BCUT2D eigenvalue weighted by atomic mass is 9.81. The number of nitrogens with zero attached hydrogens (tertiary/aromatic N) is 1. The third-order valence-electron chi connectivity index (χ3n) is 4.02. The van der Waals surface area contributed by atoms with Gasteiger partial charge in [-0.05, 0) is 24.8 Å². The fraction of sp³-hybridized carbons (Fsp3) is 0.643. The molecule has 0 spiro atoms. The molecule has 1 aromatic heterocycles. The second-order valence-electron chi connectivity index (χ2n) is 5.25. The lowest BCUT2D eigenvalue weighted by Gasteiger charge is -2.33. The highest BCUT2D eigenvalue weighted by atomic mass is 35.5. The highest BCUT2D eigenvalue weighted by molar-refractivity contribution is 6.30. The molecule has 4 nitrogen and oxygen atoms in total. The van der Waals surface area contributed by atoms with Gasteiger partial charge in [-0.1, -0.05) is 30.9 Å². The van der Waals surface area contributed by atoms with Crippen molar-refractivity contribution in [3.63, 3.8) is 0 Å². The Morgan fingerprint density at radius 1 is 1.37 bits per heavy atom. The number of nitrogens with two attached hydrogens (primary N) is 2. The second kappa shape index (κ2) is 6.55. The number of aromatic nitrogens is 1. The van der Waals surface area contributed by atoms with Crippen LogP contribution in [0.5, 0.6) is 0 Å².